The molecule has 0 radical (unpaired) electrons. The van der Waals surface area contributed by atoms with Crippen LogP contribution in [0.3, 0.4) is 0 Å². The second-order valence-electron chi connectivity index (χ2n) is 5.68. The topological polar surface area (TPSA) is 38.1 Å². The van der Waals surface area contributed by atoms with Crippen molar-refractivity contribution >= 4 is 16.8 Å². The Bertz CT molecular complexity index is 821. The lowest BCUT2D eigenvalue weighted by Gasteiger charge is -2.17. The molecule has 3 aromatic rings. The molecule has 0 saturated carbocycles. The number of hydrogen-bond acceptors (Lipinski definition) is 2. The van der Waals surface area contributed by atoms with Gasteiger partial charge in [-0.15, -0.1) is 0 Å². The number of fused-ring (bicyclic) bond motifs is 1. The van der Waals surface area contributed by atoms with Crippen molar-refractivity contribution in [3.05, 3.63) is 65.6 Å². The minimum absolute atomic E-state index is 0.0222. The third-order valence-electron chi connectivity index (χ3n) is 3.92. The summed E-state index contributed by atoms with van der Waals surface area (Å²) in [6, 6.07) is 9.73. The summed E-state index contributed by atoms with van der Waals surface area (Å²) in [6.07, 6.45) is 5.60. The molecular weight excluding hydrogens is 274 g/mol. The molecule has 0 aliphatic rings. The van der Waals surface area contributed by atoms with Gasteiger partial charge in [0.15, 0.2) is 0 Å². The van der Waals surface area contributed by atoms with Gasteiger partial charge in [0.25, 0.3) is 5.91 Å². The number of hydrogen-bond donors (Lipinski definition) is 0. The molecule has 22 heavy (non-hydrogen) atoms. The van der Waals surface area contributed by atoms with Gasteiger partial charge in [0, 0.05) is 55.7 Å². The third kappa shape index (κ3) is 2.60. The molecule has 0 unspecified atom stereocenters. The fourth-order valence-corrected chi connectivity index (χ4v) is 2.78. The Morgan fingerprint density at radius 1 is 1.32 bits per heavy atom. The summed E-state index contributed by atoms with van der Waals surface area (Å²) in [5.74, 6) is 0.0222. The van der Waals surface area contributed by atoms with Gasteiger partial charge in [-0.3, -0.25) is 9.78 Å². The number of nitrogens with zero attached hydrogens (tertiary/aromatic N) is 3. The van der Waals surface area contributed by atoms with E-state index in [0.717, 1.165) is 16.5 Å². The molecule has 112 valence electrons. The zero-order valence-corrected chi connectivity index (χ0v) is 13.1. The van der Waals surface area contributed by atoms with Gasteiger partial charge in [0.1, 0.15) is 0 Å². The molecular formula is C18H19N3O. The molecule has 0 atom stereocenters. The van der Waals surface area contributed by atoms with E-state index in [1.165, 1.54) is 5.56 Å². The number of carbonyl (C=O) groups is 1. The number of carbonyl (C=O) groups excluding carboxylic acids is 1. The fourth-order valence-electron chi connectivity index (χ4n) is 2.78. The van der Waals surface area contributed by atoms with Gasteiger partial charge in [0.05, 0.1) is 0 Å². The molecule has 0 bridgehead atoms. The first kappa shape index (κ1) is 14.3. The van der Waals surface area contributed by atoms with Crippen molar-refractivity contribution in [2.75, 3.05) is 7.05 Å². The van der Waals surface area contributed by atoms with Gasteiger partial charge < -0.3 is 9.47 Å². The molecule has 4 heteroatoms. The highest BCUT2D eigenvalue weighted by atomic mass is 16.2. The highest BCUT2D eigenvalue weighted by molar-refractivity contribution is 5.98. The molecule has 0 aliphatic heterocycles. The summed E-state index contributed by atoms with van der Waals surface area (Å²) in [4.78, 5) is 18.4. The molecule has 1 amide bonds. The highest BCUT2D eigenvalue weighted by Gasteiger charge is 2.14. The van der Waals surface area contributed by atoms with E-state index in [0.29, 0.717) is 12.1 Å². The standard InChI is InChI=1S/C18H19N3O/c1-13-11-20(2)17-7-6-15(9-16(13)17)18(22)21(3)12-14-5-4-8-19-10-14/h4-11H,12H2,1-3H3. The molecule has 0 fully saturated rings. The SMILES string of the molecule is Cc1cn(C)c2ccc(C(=O)N(C)Cc3cccnc3)cc12. The molecule has 0 aliphatic carbocycles. The van der Waals surface area contributed by atoms with E-state index in [4.69, 9.17) is 0 Å². The Hall–Kier alpha value is -2.62. The van der Waals surface area contributed by atoms with E-state index in [9.17, 15) is 4.79 Å². The average molecular weight is 293 g/mol. The van der Waals surface area contributed by atoms with Gasteiger partial charge in [-0.25, -0.2) is 0 Å². The fraction of sp³-hybridized carbons (Fsp3) is 0.222. The van der Waals surface area contributed by atoms with Crippen LogP contribution in [0, 0.1) is 6.92 Å². The second-order valence-corrected chi connectivity index (χ2v) is 5.68. The quantitative estimate of drug-likeness (QED) is 0.744. The van der Waals surface area contributed by atoms with Crippen molar-refractivity contribution in [2.45, 2.75) is 13.5 Å². The molecule has 1 aromatic carbocycles. The summed E-state index contributed by atoms with van der Waals surface area (Å²) >= 11 is 0. The van der Waals surface area contributed by atoms with Crippen LogP contribution in [0.15, 0.2) is 48.9 Å². The minimum atomic E-state index is 0.0222. The van der Waals surface area contributed by atoms with Crippen LogP contribution in [0.25, 0.3) is 10.9 Å². The van der Waals surface area contributed by atoms with Crippen LogP contribution < -0.4 is 0 Å². The molecule has 2 heterocycles. The Kier molecular flexibility index (Phi) is 3.67. The summed E-state index contributed by atoms with van der Waals surface area (Å²) in [6.45, 7) is 2.62. The Labute approximate surface area is 130 Å². The summed E-state index contributed by atoms with van der Waals surface area (Å²) in [7, 11) is 3.84. The lowest BCUT2D eigenvalue weighted by atomic mass is 10.1. The summed E-state index contributed by atoms with van der Waals surface area (Å²) < 4.78 is 2.08. The summed E-state index contributed by atoms with van der Waals surface area (Å²) in [5.41, 5.74) is 4.06. The zero-order chi connectivity index (χ0) is 15.7. The second kappa shape index (κ2) is 5.64. The number of pyridine rings is 1. The lowest BCUT2D eigenvalue weighted by molar-refractivity contribution is 0.0785. The number of amides is 1. The predicted molar refractivity (Wildman–Crippen MR) is 87.7 cm³/mol. The van der Waals surface area contributed by atoms with Crippen molar-refractivity contribution in [1.82, 2.24) is 14.5 Å². The smallest absolute Gasteiger partial charge is 0.253 e. The van der Waals surface area contributed by atoms with Crippen molar-refractivity contribution in [3.63, 3.8) is 0 Å². The zero-order valence-electron chi connectivity index (χ0n) is 13.1. The van der Waals surface area contributed by atoms with E-state index in [2.05, 4.69) is 22.7 Å². The minimum Gasteiger partial charge on any atom is -0.350 e. The van der Waals surface area contributed by atoms with E-state index in [-0.39, 0.29) is 5.91 Å². The Morgan fingerprint density at radius 2 is 2.14 bits per heavy atom. The molecule has 2 aromatic heterocycles. The first-order valence-electron chi connectivity index (χ1n) is 7.26. The van der Waals surface area contributed by atoms with Crippen LogP contribution in [-0.4, -0.2) is 27.4 Å². The number of benzene rings is 1. The van der Waals surface area contributed by atoms with Crippen LogP contribution in [0.2, 0.25) is 0 Å². The van der Waals surface area contributed by atoms with Crippen LogP contribution in [0.4, 0.5) is 0 Å². The third-order valence-corrected chi connectivity index (χ3v) is 3.92. The van der Waals surface area contributed by atoms with Crippen LogP contribution >= 0.6 is 0 Å². The maximum absolute atomic E-state index is 12.6. The molecule has 3 rings (SSSR count). The number of aromatic nitrogens is 2. The molecule has 0 saturated heterocycles. The van der Waals surface area contributed by atoms with E-state index < -0.39 is 0 Å². The Balaban J connectivity index is 1.87. The average Bonchev–Trinajstić information content (AvgIpc) is 2.82. The number of aryl methyl sites for hydroxylation is 2. The largest absolute Gasteiger partial charge is 0.350 e. The van der Waals surface area contributed by atoms with E-state index in [1.807, 2.05) is 44.4 Å². The van der Waals surface area contributed by atoms with Gasteiger partial charge >= 0.3 is 0 Å². The maximum atomic E-state index is 12.6. The van der Waals surface area contributed by atoms with Gasteiger partial charge in [0.2, 0.25) is 0 Å². The van der Waals surface area contributed by atoms with Crippen LogP contribution in [0.5, 0.6) is 0 Å². The normalized spacial score (nSPS) is 10.9. The first-order chi connectivity index (χ1) is 10.6. The summed E-state index contributed by atoms with van der Waals surface area (Å²) in [5, 5.41) is 1.13. The Morgan fingerprint density at radius 3 is 2.86 bits per heavy atom. The van der Waals surface area contributed by atoms with Crippen LogP contribution in [-0.2, 0) is 13.6 Å². The maximum Gasteiger partial charge on any atom is 0.253 e. The van der Waals surface area contributed by atoms with Gasteiger partial charge in [-0.1, -0.05) is 6.07 Å². The van der Waals surface area contributed by atoms with E-state index in [1.54, 1.807) is 17.3 Å². The van der Waals surface area contributed by atoms with Gasteiger partial charge in [-0.05, 0) is 42.3 Å². The predicted octanol–water partition coefficient (Wildman–Crippen LogP) is 3.15. The highest BCUT2D eigenvalue weighted by Crippen LogP contribution is 2.22. The molecule has 0 spiro atoms. The lowest BCUT2D eigenvalue weighted by Crippen LogP contribution is -2.26. The van der Waals surface area contributed by atoms with Crippen molar-refractivity contribution < 1.29 is 4.79 Å². The van der Waals surface area contributed by atoms with E-state index >= 15 is 0 Å². The van der Waals surface area contributed by atoms with Crippen molar-refractivity contribution in [2.24, 2.45) is 7.05 Å². The molecule has 0 N–H and O–H groups in total. The monoisotopic (exact) mass is 293 g/mol. The molecule has 4 nitrogen and oxygen atoms in total. The van der Waals surface area contributed by atoms with Crippen molar-refractivity contribution in [3.8, 4) is 0 Å². The van der Waals surface area contributed by atoms with Crippen molar-refractivity contribution in [1.29, 1.82) is 0 Å². The van der Waals surface area contributed by atoms with Gasteiger partial charge in [-0.2, -0.15) is 0 Å². The first-order valence-corrected chi connectivity index (χ1v) is 7.26. The van der Waals surface area contributed by atoms with Crippen LogP contribution in [0.1, 0.15) is 21.5 Å². The number of rotatable bonds is 3.